The molecule has 0 saturated carbocycles. The molecule has 3 nitrogen and oxygen atoms in total. The lowest BCUT2D eigenvalue weighted by molar-refractivity contribution is 0.286. The van der Waals surface area contributed by atoms with E-state index in [1.165, 1.54) is 11.3 Å². The Morgan fingerprint density at radius 1 is 1.56 bits per heavy atom. The van der Waals surface area contributed by atoms with Gasteiger partial charge in [0.25, 0.3) is 10.0 Å². The van der Waals surface area contributed by atoms with E-state index in [0.717, 1.165) is 27.5 Å². The molecule has 0 bridgehead atoms. The van der Waals surface area contributed by atoms with Crippen LogP contribution in [0.4, 0.5) is 0 Å². The van der Waals surface area contributed by atoms with Gasteiger partial charge < -0.3 is 0 Å². The molecule has 1 atom stereocenters. The van der Waals surface area contributed by atoms with Gasteiger partial charge in [0.15, 0.2) is 0 Å². The Hall–Kier alpha value is 0.570. The van der Waals surface area contributed by atoms with Crippen molar-refractivity contribution in [3.63, 3.8) is 0 Å². The van der Waals surface area contributed by atoms with Crippen molar-refractivity contribution >= 4 is 53.2 Å². The van der Waals surface area contributed by atoms with Gasteiger partial charge in [-0.1, -0.05) is 15.9 Å². The first-order chi connectivity index (χ1) is 8.45. The Morgan fingerprint density at radius 3 is 2.83 bits per heavy atom. The molecular weight excluding hydrogens is 402 g/mol. The van der Waals surface area contributed by atoms with Crippen LogP contribution < -0.4 is 0 Å². The number of sulfonamides is 1. The highest BCUT2D eigenvalue weighted by atomic mass is 79.9. The lowest BCUT2D eigenvalue weighted by Crippen LogP contribution is -2.40. The van der Waals surface area contributed by atoms with Crippen LogP contribution in [0.1, 0.15) is 18.4 Å². The van der Waals surface area contributed by atoms with Gasteiger partial charge in [-0.25, -0.2) is 8.42 Å². The summed E-state index contributed by atoms with van der Waals surface area (Å²) in [7, 11) is -3.31. The van der Waals surface area contributed by atoms with Crippen LogP contribution in [0.2, 0.25) is 0 Å². The van der Waals surface area contributed by atoms with Gasteiger partial charge in [-0.15, -0.1) is 11.3 Å². The van der Waals surface area contributed by atoms with Crippen molar-refractivity contribution < 1.29 is 8.42 Å². The normalized spacial score (nSPS) is 22.3. The van der Waals surface area contributed by atoms with E-state index in [9.17, 15) is 8.42 Å². The molecule has 1 aromatic rings. The molecule has 1 saturated heterocycles. The largest absolute Gasteiger partial charge is 0.252 e. The smallest absolute Gasteiger partial charge is 0.206 e. The van der Waals surface area contributed by atoms with E-state index < -0.39 is 10.0 Å². The minimum absolute atomic E-state index is 0.429. The van der Waals surface area contributed by atoms with E-state index in [2.05, 4.69) is 31.9 Å². The maximum Gasteiger partial charge on any atom is 0.252 e. The zero-order chi connectivity index (χ0) is 13.3. The van der Waals surface area contributed by atoms with Crippen LogP contribution in [-0.2, 0) is 10.0 Å². The molecule has 0 aliphatic carbocycles. The number of hydrogen-bond donors (Lipinski definition) is 0. The second kappa shape index (κ2) is 5.91. The lowest BCUT2D eigenvalue weighted by Gasteiger charge is -2.30. The molecule has 0 radical (unpaired) electrons. The van der Waals surface area contributed by atoms with Gasteiger partial charge in [0, 0.05) is 18.4 Å². The summed E-state index contributed by atoms with van der Waals surface area (Å²) in [5, 5.41) is 0.867. The molecule has 7 heteroatoms. The van der Waals surface area contributed by atoms with E-state index in [-0.39, 0.29) is 0 Å². The first-order valence-corrected chi connectivity index (χ1v) is 9.94. The number of nitrogens with zero attached hydrogens (tertiary/aromatic N) is 1. The number of thiophene rings is 1. The van der Waals surface area contributed by atoms with E-state index in [1.807, 2.05) is 6.92 Å². The maximum absolute atomic E-state index is 12.5. The summed E-state index contributed by atoms with van der Waals surface area (Å²) in [6, 6.07) is 1.75. The molecule has 102 valence electrons. The summed E-state index contributed by atoms with van der Waals surface area (Å²) in [5.41, 5.74) is 0.979. The molecule has 18 heavy (non-hydrogen) atoms. The number of aryl methyl sites for hydroxylation is 1. The van der Waals surface area contributed by atoms with Gasteiger partial charge in [-0.2, -0.15) is 4.31 Å². The number of hydrogen-bond acceptors (Lipinski definition) is 3. The predicted octanol–water partition coefficient (Wildman–Crippen LogP) is 3.61. The summed E-state index contributed by atoms with van der Waals surface area (Å²) < 4.78 is 28.0. The zero-order valence-corrected chi connectivity index (χ0v) is 14.8. The molecule has 1 aliphatic rings. The topological polar surface area (TPSA) is 37.4 Å². The zero-order valence-electron chi connectivity index (χ0n) is 10.0. The number of halogens is 2. The fourth-order valence-electron chi connectivity index (χ4n) is 2.06. The summed E-state index contributed by atoms with van der Waals surface area (Å²) in [6.07, 6.45) is 2.05. The van der Waals surface area contributed by atoms with Gasteiger partial charge >= 0.3 is 0 Å². The average molecular weight is 417 g/mol. The number of piperidine rings is 1. The Bertz CT molecular complexity index is 508. The quantitative estimate of drug-likeness (QED) is 0.705. The standard InChI is InChI=1S/C11H15Br2NO2S2/c1-8-5-10(17-11(8)13)18(15,16)14-4-2-3-9(6-12)7-14/h5,9H,2-4,6-7H2,1H3. The van der Waals surface area contributed by atoms with Crippen molar-refractivity contribution in [3.8, 4) is 0 Å². The van der Waals surface area contributed by atoms with Crippen LogP contribution in [0.5, 0.6) is 0 Å². The molecule has 1 fully saturated rings. The summed E-state index contributed by atoms with van der Waals surface area (Å²) in [6.45, 7) is 3.18. The van der Waals surface area contributed by atoms with Crippen molar-refractivity contribution in [2.24, 2.45) is 5.92 Å². The number of alkyl halides is 1. The molecule has 1 aromatic heterocycles. The molecule has 0 N–H and O–H groups in total. The highest BCUT2D eigenvalue weighted by Crippen LogP contribution is 2.33. The first kappa shape index (κ1) is 15.0. The van der Waals surface area contributed by atoms with Crippen molar-refractivity contribution in [2.45, 2.75) is 24.0 Å². The lowest BCUT2D eigenvalue weighted by atomic mass is 10.0. The van der Waals surface area contributed by atoms with Crippen LogP contribution in [0.3, 0.4) is 0 Å². The van der Waals surface area contributed by atoms with Crippen LogP contribution in [0.25, 0.3) is 0 Å². The fraction of sp³-hybridized carbons (Fsp3) is 0.636. The molecule has 0 spiro atoms. The number of rotatable bonds is 3. The predicted molar refractivity (Wildman–Crippen MR) is 82.0 cm³/mol. The highest BCUT2D eigenvalue weighted by Gasteiger charge is 2.31. The third kappa shape index (κ3) is 3.00. The van der Waals surface area contributed by atoms with Crippen molar-refractivity contribution in [1.29, 1.82) is 0 Å². The van der Waals surface area contributed by atoms with E-state index >= 15 is 0 Å². The second-order valence-corrected chi connectivity index (χ2v) is 9.73. The summed E-state index contributed by atoms with van der Waals surface area (Å²) in [4.78, 5) is 0. The maximum atomic E-state index is 12.5. The van der Waals surface area contributed by atoms with Crippen LogP contribution >= 0.6 is 43.2 Å². The molecular formula is C11H15Br2NO2S2. The monoisotopic (exact) mass is 415 g/mol. The molecule has 2 heterocycles. The van der Waals surface area contributed by atoms with E-state index in [1.54, 1.807) is 10.4 Å². The molecule has 0 amide bonds. The molecule has 1 aliphatic heterocycles. The Morgan fingerprint density at radius 2 is 2.28 bits per heavy atom. The molecule has 1 unspecified atom stereocenters. The third-order valence-electron chi connectivity index (χ3n) is 3.13. The van der Waals surface area contributed by atoms with Gasteiger partial charge in [-0.05, 0) is 53.2 Å². The van der Waals surface area contributed by atoms with Gasteiger partial charge in [0.05, 0.1) is 3.79 Å². The van der Waals surface area contributed by atoms with Gasteiger partial charge in [-0.3, -0.25) is 0 Å². The Labute approximate surface area is 129 Å². The van der Waals surface area contributed by atoms with Gasteiger partial charge in [0.2, 0.25) is 0 Å². The first-order valence-electron chi connectivity index (χ1n) is 5.77. The SMILES string of the molecule is Cc1cc(S(=O)(=O)N2CCCC(CBr)C2)sc1Br. The molecule has 0 aromatic carbocycles. The van der Waals surface area contributed by atoms with E-state index in [4.69, 9.17) is 0 Å². The summed E-state index contributed by atoms with van der Waals surface area (Å²) >= 11 is 8.14. The van der Waals surface area contributed by atoms with Crippen molar-refractivity contribution in [3.05, 3.63) is 15.4 Å². The minimum atomic E-state index is -3.31. The van der Waals surface area contributed by atoms with Crippen molar-refractivity contribution in [2.75, 3.05) is 18.4 Å². The van der Waals surface area contributed by atoms with E-state index in [0.29, 0.717) is 23.2 Å². The van der Waals surface area contributed by atoms with Crippen LogP contribution in [0, 0.1) is 12.8 Å². The molecule has 2 rings (SSSR count). The summed E-state index contributed by atoms with van der Waals surface area (Å²) in [5.74, 6) is 0.429. The third-order valence-corrected chi connectivity index (χ3v) is 8.50. The fourth-order valence-corrected chi connectivity index (χ4v) is 6.52. The van der Waals surface area contributed by atoms with Crippen molar-refractivity contribution in [1.82, 2.24) is 4.31 Å². The minimum Gasteiger partial charge on any atom is -0.206 e. The average Bonchev–Trinajstić information content (AvgIpc) is 2.70. The highest BCUT2D eigenvalue weighted by molar-refractivity contribution is 9.11. The second-order valence-electron chi connectivity index (χ2n) is 4.55. The van der Waals surface area contributed by atoms with Crippen LogP contribution in [0.15, 0.2) is 14.1 Å². The Balaban J connectivity index is 2.25. The Kier molecular flexibility index (Phi) is 4.91. The van der Waals surface area contributed by atoms with Crippen LogP contribution in [-0.4, -0.2) is 31.1 Å². The van der Waals surface area contributed by atoms with Gasteiger partial charge in [0.1, 0.15) is 4.21 Å².